The van der Waals surface area contributed by atoms with E-state index in [0.29, 0.717) is 13.0 Å². The lowest BCUT2D eigenvalue weighted by molar-refractivity contribution is -0.150. The van der Waals surface area contributed by atoms with Gasteiger partial charge in [-0.25, -0.2) is 4.79 Å². The predicted octanol–water partition coefficient (Wildman–Crippen LogP) is 0.275. The third-order valence-electron chi connectivity index (χ3n) is 6.12. The second-order valence-corrected chi connectivity index (χ2v) is 8.09. The summed E-state index contributed by atoms with van der Waals surface area (Å²) in [4.78, 5) is 40.9. The summed E-state index contributed by atoms with van der Waals surface area (Å²) in [5.74, 6) is -1.38. The SMILES string of the molecule is CNC1CC(C(=O)O)N(C(=O)C(NC(=O)C(C)N(C)C)C2CCCCC2)C1. The van der Waals surface area contributed by atoms with Crippen molar-refractivity contribution in [2.24, 2.45) is 5.92 Å². The monoisotopic (exact) mass is 382 g/mol. The van der Waals surface area contributed by atoms with Crippen LogP contribution in [0.15, 0.2) is 0 Å². The average molecular weight is 383 g/mol. The van der Waals surface area contributed by atoms with Crippen LogP contribution in [0.1, 0.15) is 45.4 Å². The fourth-order valence-electron chi connectivity index (χ4n) is 4.06. The summed E-state index contributed by atoms with van der Waals surface area (Å²) in [6.07, 6.45) is 5.37. The lowest BCUT2D eigenvalue weighted by Gasteiger charge is -2.35. The second-order valence-electron chi connectivity index (χ2n) is 8.09. The zero-order valence-electron chi connectivity index (χ0n) is 16.9. The Bertz CT molecular complexity index is 548. The van der Waals surface area contributed by atoms with Gasteiger partial charge in [0.15, 0.2) is 0 Å². The van der Waals surface area contributed by atoms with Gasteiger partial charge in [0.05, 0.1) is 6.04 Å². The molecule has 1 saturated heterocycles. The van der Waals surface area contributed by atoms with Crippen LogP contribution in [0.5, 0.6) is 0 Å². The van der Waals surface area contributed by atoms with Crippen LogP contribution in [-0.4, -0.2) is 84.5 Å². The first-order chi connectivity index (χ1) is 12.8. The van der Waals surface area contributed by atoms with E-state index in [1.165, 1.54) is 4.90 Å². The molecule has 1 saturated carbocycles. The van der Waals surface area contributed by atoms with Crippen molar-refractivity contribution < 1.29 is 19.5 Å². The molecule has 27 heavy (non-hydrogen) atoms. The minimum atomic E-state index is -0.989. The predicted molar refractivity (Wildman–Crippen MR) is 102 cm³/mol. The van der Waals surface area contributed by atoms with Crippen LogP contribution in [0.25, 0.3) is 0 Å². The Morgan fingerprint density at radius 2 is 1.78 bits per heavy atom. The fraction of sp³-hybridized carbons (Fsp3) is 0.842. The standard InChI is InChI=1S/C19H34N4O4/c1-12(22(3)4)17(24)21-16(13-8-6-5-7-9-13)18(25)23-11-14(20-2)10-15(23)19(26)27/h12-16,20H,5-11H2,1-4H3,(H,21,24)(H,26,27). The maximum absolute atomic E-state index is 13.4. The highest BCUT2D eigenvalue weighted by atomic mass is 16.4. The highest BCUT2D eigenvalue weighted by Gasteiger charge is 2.43. The number of carbonyl (C=O) groups excluding carboxylic acids is 2. The molecule has 8 heteroatoms. The summed E-state index contributed by atoms with van der Waals surface area (Å²) in [7, 11) is 5.41. The summed E-state index contributed by atoms with van der Waals surface area (Å²) in [5.41, 5.74) is 0. The normalized spacial score (nSPS) is 26.0. The molecule has 0 aromatic carbocycles. The van der Waals surface area contributed by atoms with Crippen LogP contribution in [0.2, 0.25) is 0 Å². The van der Waals surface area contributed by atoms with Crippen molar-refractivity contribution in [1.29, 1.82) is 0 Å². The smallest absolute Gasteiger partial charge is 0.326 e. The van der Waals surface area contributed by atoms with Crippen LogP contribution in [0.3, 0.4) is 0 Å². The molecule has 1 aliphatic carbocycles. The van der Waals surface area contributed by atoms with E-state index in [1.807, 2.05) is 14.1 Å². The molecule has 154 valence electrons. The number of likely N-dealkylation sites (tertiary alicyclic amines) is 1. The molecular formula is C19H34N4O4. The minimum Gasteiger partial charge on any atom is -0.480 e. The third kappa shape index (κ3) is 5.19. The van der Waals surface area contributed by atoms with Crippen LogP contribution in [0, 0.1) is 5.92 Å². The topological polar surface area (TPSA) is 102 Å². The van der Waals surface area contributed by atoms with Crippen molar-refractivity contribution in [2.45, 2.75) is 69.6 Å². The summed E-state index contributed by atoms with van der Waals surface area (Å²) < 4.78 is 0. The first kappa shape index (κ1) is 21.6. The molecular weight excluding hydrogens is 348 g/mol. The van der Waals surface area contributed by atoms with Crippen LogP contribution in [-0.2, 0) is 14.4 Å². The van der Waals surface area contributed by atoms with Gasteiger partial charge in [-0.3, -0.25) is 14.5 Å². The van der Waals surface area contributed by atoms with Gasteiger partial charge in [0.1, 0.15) is 12.1 Å². The van der Waals surface area contributed by atoms with E-state index in [0.717, 1.165) is 32.1 Å². The first-order valence-corrected chi connectivity index (χ1v) is 9.93. The number of aliphatic carboxylic acids is 1. The van der Waals surface area contributed by atoms with Crippen molar-refractivity contribution in [3.05, 3.63) is 0 Å². The van der Waals surface area contributed by atoms with Gasteiger partial charge < -0.3 is 20.6 Å². The molecule has 2 rings (SSSR count). The van der Waals surface area contributed by atoms with E-state index in [1.54, 1.807) is 18.9 Å². The molecule has 0 aromatic heterocycles. The summed E-state index contributed by atoms with van der Waals surface area (Å²) in [6, 6.07) is -1.90. The Hall–Kier alpha value is -1.67. The van der Waals surface area contributed by atoms with Crippen molar-refractivity contribution in [1.82, 2.24) is 20.4 Å². The summed E-state index contributed by atoms with van der Waals surface area (Å²) in [5, 5.41) is 15.6. The van der Waals surface area contributed by atoms with Gasteiger partial charge in [-0.2, -0.15) is 0 Å². The van der Waals surface area contributed by atoms with Gasteiger partial charge in [0.25, 0.3) is 0 Å². The van der Waals surface area contributed by atoms with Crippen LogP contribution >= 0.6 is 0 Å². The molecule has 0 spiro atoms. The number of nitrogens with zero attached hydrogens (tertiary/aromatic N) is 2. The quantitative estimate of drug-likeness (QED) is 0.584. The molecule has 8 nitrogen and oxygen atoms in total. The lowest BCUT2D eigenvalue weighted by Crippen LogP contribution is -2.57. The number of nitrogens with one attached hydrogen (secondary N) is 2. The van der Waals surface area contributed by atoms with Crippen LogP contribution < -0.4 is 10.6 Å². The Kier molecular flexibility index (Phi) is 7.61. The minimum absolute atomic E-state index is 0.0431. The third-order valence-corrected chi connectivity index (χ3v) is 6.12. The van der Waals surface area contributed by atoms with Gasteiger partial charge in [-0.1, -0.05) is 19.3 Å². The number of carboxylic acids is 1. The molecule has 1 aliphatic heterocycles. The van der Waals surface area contributed by atoms with Gasteiger partial charge in [-0.15, -0.1) is 0 Å². The van der Waals surface area contributed by atoms with E-state index in [9.17, 15) is 19.5 Å². The van der Waals surface area contributed by atoms with Crippen molar-refractivity contribution >= 4 is 17.8 Å². The Balaban J connectivity index is 2.21. The van der Waals surface area contributed by atoms with E-state index >= 15 is 0 Å². The average Bonchev–Trinajstić information content (AvgIpc) is 3.10. The largest absolute Gasteiger partial charge is 0.480 e. The number of likely N-dealkylation sites (N-methyl/N-ethyl adjacent to an activating group) is 2. The Morgan fingerprint density at radius 3 is 2.30 bits per heavy atom. The zero-order valence-corrected chi connectivity index (χ0v) is 16.9. The summed E-state index contributed by atoms with van der Waals surface area (Å²) in [6.45, 7) is 2.15. The molecule has 0 bridgehead atoms. The van der Waals surface area contributed by atoms with Crippen molar-refractivity contribution in [3.8, 4) is 0 Å². The maximum Gasteiger partial charge on any atom is 0.326 e. The van der Waals surface area contributed by atoms with Gasteiger partial charge >= 0.3 is 5.97 Å². The molecule has 0 radical (unpaired) electrons. The molecule has 4 unspecified atom stereocenters. The van der Waals surface area contributed by atoms with E-state index in [2.05, 4.69) is 10.6 Å². The molecule has 4 atom stereocenters. The molecule has 0 aromatic rings. The zero-order chi connectivity index (χ0) is 20.1. The first-order valence-electron chi connectivity index (χ1n) is 9.93. The number of amides is 2. The maximum atomic E-state index is 13.4. The molecule has 2 amide bonds. The van der Waals surface area contributed by atoms with Gasteiger partial charge in [0.2, 0.25) is 11.8 Å². The summed E-state index contributed by atoms with van der Waals surface area (Å²) >= 11 is 0. The second kappa shape index (κ2) is 9.50. The Morgan fingerprint density at radius 1 is 1.15 bits per heavy atom. The van der Waals surface area contributed by atoms with E-state index < -0.39 is 18.1 Å². The van der Waals surface area contributed by atoms with Crippen LogP contribution in [0.4, 0.5) is 0 Å². The molecule has 2 fully saturated rings. The lowest BCUT2D eigenvalue weighted by atomic mass is 9.83. The number of carboxylic acid groups (broad SMARTS) is 1. The van der Waals surface area contributed by atoms with E-state index in [4.69, 9.17) is 0 Å². The number of rotatable bonds is 7. The van der Waals surface area contributed by atoms with E-state index in [-0.39, 0.29) is 29.8 Å². The van der Waals surface area contributed by atoms with Gasteiger partial charge in [0, 0.05) is 12.6 Å². The van der Waals surface area contributed by atoms with Gasteiger partial charge in [-0.05, 0) is 53.2 Å². The van der Waals surface area contributed by atoms with Crippen molar-refractivity contribution in [3.63, 3.8) is 0 Å². The van der Waals surface area contributed by atoms with Crippen molar-refractivity contribution in [2.75, 3.05) is 27.7 Å². The molecule has 2 aliphatic rings. The Labute approximate surface area is 161 Å². The highest BCUT2D eigenvalue weighted by molar-refractivity contribution is 5.92. The fourth-order valence-corrected chi connectivity index (χ4v) is 4.06. The highest BCUT2D eigenvalue weighted by Crippen LogP contribution is 2.29. The molecule has 3 N–H and O–H groups in total. The number of hydrogen-bond acceptors (Lipinski definition) is 5. The number of hydrogen-bond donors (Lipinski definition) is 3. The molecule has 1 heterocycles. The number of carbonyl (C=O) groups is 3.